The summed E-state index contributed by atoms with van der Waals surface area (Å²) in [5, 5.41) is 5.45. The molecule has 1 heterocycles. The van der Waals surface area contributed by atoms with E-state index in [1.807, 2.05) is 19.9 Å². The summed E-state index contributed by atoms with van der Waals surface area (Å²) in [6, 6.07) is 5.89. The van der Waals surface area contributed by atoms with Crippen LogP contribution in [0.5, 0.6) is 11.5 Å². The van der Waals surface area contributed by atoms with Crippen molar-refractivity contribution in [3.63, 3.8) is 0 Å². The van der Waals surface area contributed by atoms with Gasteiger partial charge in [0.25, 0.3) is 0 Å². The summed E-state index contributed by atoms with van der Waals surface area (Å²) in [4.78, 5) is 12.4. The molecule has 144 valence electrons. The van der Waals surface area contributed by atoms with Crippen LogP contribution < -0.4 is 20.1 Å². The first kappa shape index (κ1) is 18.9. The van der Waals surface area contributed by atoms with Gasteiger partial charge in [-0.3, -0.25) is 4.79 Å². The first-order chi connectivity index (χ1) is 12.9. The van der Waals surface area contributed by atoms with Gasteiger partial charge < -0.3 is 20.1 Å². The van der Waals surface area contributed by atoms with Crippen molar-refractivity contribution in [3.8, 4) is 11.5 Å². The van der Waals surface area contributed by atoms with Gasteiger partial charge in [-0.15, -0.1) is 0 Å². The monoisotopic (exact) mass is 376 g/mol. The van der Waals surface area contributed by atoms with Crippen molar-refractivity contribution >= 4 is 17.3 Å². The Morgan fingerprint density at radius 3 is 2.81 bits per heavy atom. The smallest absolute Gasteiger partial charge is 0.246 e. The van der Waals surface area contributed by atoms with E-state index in [0.29, 0.717) is 18.0 Å². The Balaban J connectivity index is 1.76. The third-order valence-electron chi connectivity index (χ3n) is 4.25. The highest BCUT2D eigenvalue weighted by molar-refractivity contribution is 5.96. The Morgan fingerprint density at radius 1 is 1.30 bits per heavy atom. The molecule has 7 heteroatoms. The zero-order valence-electron chi connectivity index (χ0n) is 15.4. The zero-order valence-corrected chi connectivity index (χ0v) is 15.4. The quantitative estimate of drug-likeness (QED) is 0.796. The standard InChI is InChI=1S/C20H22F2N2O3/c1-4-26-19-8-13-7-11(2)27-18(13)10-17(19)23-12(3)20(25)24-16-9-14(21)5-6-15(16)22/h5-6,8-12,23H,4,7H2,1-3H3,(H,24,25)/t11-,12-/m1/s1. The maximum absolute atomic E-state index is 13.7. The first-order valence-electron chi connectivity index (χ1n) is 8.86. The molecule has 0 fully saturated rings. The van der Waals surface area contributed by atoms with Gasteiger partial charge in [-0.25, -0.2) is 8.78 Å². The average Bonchev–Trinajstić information content (AvgIpc) is 2.97. The number of rotatable bonds is 6. The number of benzene rings is 2. The van der Waals surface area contributed by atoms with Crippen molar-refractivity contribution < 1.29 is 23.0 Å². The Labute approximate surface area is 156 Å². The summed E-state index contributed by atoms with van der Waals surface area (Å²) in [7, 11) is 0. The normalized spacial score (nSPS) is 16.3. The lowest BCUT2D eigenvalue weighted by Crippen LogP contribution is -2.32. The number of ether oxygens (including phenoxy) is 2. The lowest BCUT2D eigenvalue weighted by Gasteiger charge is -2.19. The highest BCUT2D eigenvalue weighted by atomic mass is 19.1. The molecule has 0 bridgehead atoms. The second kappa shape index (κ2) is 7.82. The molecule has 0 radical (unpaired) electrons. The van der Waals surface area contributed by atoms with Gasteiger partial charge in [-0.2, -0.15) is 0 Å². The van der Waals surface area contributed by atoms with E-state index < -0.39 is 23.6 Å². The third kappa shape index (κ3) is 4.30. The molecule has 3 rings (SSSR count). The zero-order chi connectivity index (χ0) is 19.6. The van der Waals surface area contributed by atoms with Crippen LogP contribution >= 0.6 is 0 Å². The van der Waals surface area contributed by atoms with Crippen LogP contribution in [-0.2, 0) is 11.2 Å². The molecule has 1 aliphatic heterocycles. The minimum atomic E-state index is -0.719. The molecule has 2 aromatic carbocycles. The SMILES string of the molecule is CCOc1cc2c(cc1N[C@H](C)C(=O)Nc1cc(F)ccc1F)O[C@H](C)C2. The molecule has 27 heavy (non-hydrogen) atoms. The predicted molar refractivity (Wildman–Crippen MR) is 99.5 cm³/mol. The van der Waals surface area contributed by atoms with Crippen LogP contribution in [0.25, 0.3) is 0 Å². The molecule has 0 saturated heterocycles. The maximum Gasteiger partial charge on any atom is 0.246 e. The Kier molecular flexibility index (Phi) is 5.48. The number of hydrogen-bond donors (Lipinski definition) is 2. The minimum absolute atomic E-state index is 0.0846. The fourth-order valence-electron chi connectivity index (χ4n) is 2.96. The fourth-order valence-corrected chi connectivity index (χ4v) is 2.96. The van der Waals surface area contributed by atoms with Gasteiger partial charge in [-0.05, 0) is 39.0 Å². The molecule has 0 saturated carbocycles. The van der Waals surface area contributed by atoms with Crippen molar-refractivity contribution in [2.45, 2.75) is 39.3 Å². The Morgan fingerprint density at radius 2 is 2.07 bits per heavy atom. The second-order valence-electron chi connectivity index (χ2n) is 6.50. The summed E-state index contributed by atoms with van der Waals surface area (Å²) in [5.74, 6) is -0.470. The molecule has 2 atom stereocenters. The summed E-state index contributed by atoms with van der Waals surface area (Å²) in [6.07, 6.45) is 0.881. The van der Waals surface area contributed by atoms with E-state index in [0.717, 1.165) is 35.9 Å². The molecular weight excluding hydrogens is 354 g/mol. The van der Waals surface area contributed by atoms with E-state index in [1.165, 1.54) is 0 Å². The van der Waals surface area contributed by atoms with Gasteiger partial charge in [0.2, 0.25) is 5.91 Å². The molecule has 0 unspecified atom stereocenters. The number of fused-ring (bicyclic) bond motifs is 1. The van der Waals surface area contributed by atoms with Crippen molar-refractivity contribution in [1.29, 1.82) is 0 Å². The van der Waals surface area contributed by atoms with E-state index in [2.05, 4.69) is 10.6 Å². The molecule has 2 N–H and O–H groups in total. The summed E-state index contributed by atoms with van der Waals surface area (Å²) in [5.41, 5.74) is 1.45. The van der Waals surface area contributed by atoms with Gasteiger partial charge in [0.05, 0.1) is 18.0 Å². The number of nitrogens with one attached hydrogen (secondary N) is 2. The topological polar surface area (TPSA) is 59.6 Å². The molecule has 0 aromatic heterocycles. The molecule has 1 amide bonds. The van der Waals surface area contributed by atoms with Crippen LogP contribution in [0.2, 0.25) is 0 Å². The molecule has 5 nitrogen and oxygen atoms in total. The van der Waals surface area contributed by atoms with Crippen molar-refractivity contribution in [1.82, 2.24) is 0 Å². The van der Waals surface area contributed by atoms with Gasteiger partial charge in [-0.1, -0.05) is 0 Å². The van der Waals surface area contributed by atoms with E-state index in [4.69, 9.17) is 9.47 Å². The van der Waals surface area contributed by atoms with Crippen LogP contribution in [0.3, 0.4) is 0 Å². The van der Waals surface area contributed by atoms with Gasteiger partial charge in [0.15, 0.2) is 0 Å². The third-order valence-corrected chi connectivity index (χ3v) is 4.25. The number of carbonyl (C=O) groups excluding carboxylic acids is 1. The number of carbonyl (C=O) groups is 1. The van der Waals surface area contributed by atoms with Crippen LogP contribution in [0.15, 0.2) is 30.3 Å². The highest BCUT2D eigenvalue weighted by Gasteiger charge is 2.23. The van der Waals surface area contributed by atoms with Crippen LogP contribution in [0, 0.1) is 11.6 Å². The number of amides is 1. The molecule has 0 spiro atoms. The van der Waals surface area contributed by atoms with Gasteiger partial charge >= 0.3 is 0 Å². The van der Waals surface area contributed by atoms with Gasteiger partial charge in [0, 0.05) is 24.1 Å². The van der Waals surface area contributed by atoms with Crippen LogP contribution in [0.4, 0.5) is 20.2 Å². The molecule has 0 aliphatic carbocycles. The number of anilines is 2. The first-order valence-corrected chi connectivity index (χ1v) is 8.86. The fraction of sp³-hybridized carbons (Fsp3) is 0.350. The second-order valence-corrected chi connectivity index (χ2v) is 6.50. The summed E-state index contributed by atoms with van der Waals surface area (Å²) < 4.78 is 38.4. The molecule has 2 aromatic rings. The summed E-state index contributed by atoms with van der Waals surface area (Å²) in [6.45, 7) is 5.95. The van der Waals surface area contributed by atoms with Crippen molar-refractivity contribution in [2.24, 2.45) is 0 Å². The van der Waals surface area contributed by atoms with E-state index in [1.54, 1.807) is 13.0 Å². The van der Waals surface area contributed by atoms with Crippen LogP contribution in [0.1, 0.15) is 26.3 Å². The van der Waals surface area contributed by atoms with E-state index in [9.17, 15) is 13.6 Å². The molecular formula is C20H22F2N2O3. The predicted octanol–water partition coefficient (Wildman–Crippen LogP) is 4.13. The Hall–Kier alpha value is -2.83. The van der Waals surface area contributed by atoms with Crippen molar-refractivity contribution in [3.05, 3.63) is 47.5 Å². The number of halogens is 2. The van der Waals surface area contributed by atoms with Crippen molar-refractivity contribution in [2.75, 3.05) is 17.2 Å². The lowest BCUT2D eigenvalue weighted by atomic mass is 10.1. The maximum atomic E-state index is 13.7. The molecule has 1 aliphatic rings. The lowest BCUT2D eigenvalue weighted by molar-refractivity contribution is -0.116. The van der Waals surface area contributed by atoms with E-state index >= 15 is 0 Å². The van der Waals surface area contributed by atoms with E-state index in [-0.39, 0.29) is 11.8 Å². The largest absolute Gasteiger partial charge is 0.492 e. The minimum Gasteiger partial charge on any atom is -0.492 e. The Bertz CT molecular complexity index is 857. The summed E-state index contributed by atoms with van der Waals surface area (Å²) >= 11 is 0. The number of hydrogen-bond acceptors (Lipinski definition) is 4. The van der Waals surface area contributed by atoms with Crippen LogP contribution in [-0.4, -0.2) is 24.7 Å². The average molecular weight is 376 g/mol. The highest BCUT2D eigenvalue weighted by Crippen LogP contribution is 2.38. The van der Waals surface area contributed by atoms with Gasteiger partial charge in [0.1, 0.15) is 35.3 Å².